The van der Waals surface area contributed by atoms with E-state index >= 15 is 0 Å². The van der Waals surface area contributed by atoms with E-state index in [1.165, 1.54) is 0 Å². The van der Waals surface area contributed by atoms with E-state index in [9.17, 15) is 5.11 Å². The van der Waals surface area contributed by atoms with Gasteiger partial charge in [-0.2, -0.15) is 0 Å². The lowest BCUT2D eigenvalue weighted by Crippen LogP contribution is -2.26. The van der Waals surface area contributed by atoms with Crippen molar-refractivity contribution in [2.45, 2.75) is 25.4 Å². The zero-order valence-corrected chi connectivity index (χ0v) is 11.6. The van der Waals surface area contributed by atoms with Crippen molar-refractivity contribution >= 4 is 0 Å². The molecule has 0 aliphatic carbocycles. The third kappa shape index (κ3) is 20.2. The second-order valence-corrected chi connectivity index (χ2v) is 4.12. The van der Waals surface area contributed by atoms with Crippen LogP contribution < -0.4 is 0 Å². The Kier molecular flexibility index (Phi) is 17.5. The molecule has 0 fully saturated rings. The highest BCUT2D eigenvalue weighted by molar-refractivity contribution is 4.70. The van der Waals surface area contributed by atoms with E-state index in [2.05, 4.69) is 0 Å². The first-order valence-corrected chi connectivity index (χ1v) is 6.35. The zero-order chi connectivity index (χ0) is 15.0. The Morgan fingerprint density at radius 3 is 1.32 bits per heavy atom. The number of ether oxygens (including phenoxy) is 2. The van der Waals surface area contributed by atoms with Crippen LogP contribution in [-0.2, 0) is 9.47 Å². The van der Waals surface area contributed by atoms with Crippen LogP contribution in [0.4, 0.5) is 0 Å². The van der Waals surface area contributed by atoms with Gasteiger partial charge in [-0.15, -0.1) is 0 Å². The summed E-state index contributed by atoms with van der Waals surface area (Å²) in [4.78, 5) is 0. The summed E-state index contributed by atoms with van der Waals surface area (Å²) in [5, 5.41) is 42.5. The normalized spacial score (nSPS) is 11.1. The van der Waals surface area contributed by atoms with Crippen molar-refractivity contribution in [1.82, 2.24) is 0 Å². The van der Waals surface area contributed by atoms with Crippen LogP contribution in [0.15, 0.2) is 0 Å². The van der Waals surface area contributed by atoms with Crippen molar-refractivity contribution < 1.29 is 35.0 Å². The molecule has 0 rings (SSSR count). The molecule has 0 radical (unpaired) electrons. The maximum atomic E-state index is 9.19. The molecule has 0 saturated heterocycles. The molecule has 0 unspecified atom stereocenters. The summed E-state index contributed by atoms with van der Waals surface area (Å²) in [5.41, 5.74) is -0.899. The van der Waals surface area contributed by atoms with Crippen LogP contribution in [0.3, 0.4) is 0 Å². The monoisotopic (exact) mass is 284 g/mol. The van der Waals surface area contributed by atoms with Gasteiger partial charge in [-0.1, -0.05) is 0 Å². The van der Waals surface area contributed by atoms with E-state index in [1.54, 1.807) is 6.92 Å². The molecule has 0 aliphatic rings. The maximum Gasteiger partial charge on any atom is 0.0701 e. The topological polar surface area (TPSA) is 120 Å². The number of rotatable bonds is 11. The Balaban J connectivity index is 0. The smallest absolute Gasteiger partial charge is 0.0701 e. The maximum absolute atomic E-state index is 9.19. The van der Waals surface area contributed by atoms with Crippen molar-refractivity contribution in [3.63, 3.8) is 0 Å². The lowest BCUT2D eigenvalue weighted by Gasteiger charge is -2.20. The summed E-state index contributed by atoms with van der Waals surface area (Å²) in [6, 6.07) is 0. The second-order valence-electron chi connectivity index (χ2n) is 4.12. The van der Waals surface area contributed by atoms with Gasteiger partial charge in [0.25, 0.3) is 0 Å². The molecule has 0 atom stereocenters. The first kappa shape index (κ1) is 21.0. The van der Waals surface area contributed by atoms with E-state index in [-0.39, 0.29) is 26.4 Å². The lowest BCUT2D eigenvalue weighted by molar-refractivity contribution is 0.0116. The molecule has 0 aromatic rings. The van der Waals surface area contributed by atoms with Crippen LogP contribution >= 0.6 is 0 Å². The summed E-state index contributed by atoms with van der Waals surface area (Å²) in [5.74, 6) is 0. The van der Waals surface area contributed by atoms with Crippen LogP contribution in [0.5, 0.6) is 0 Å². The molecular formula is C12H28O7. The van der Waals surface area contributed by atoms with Gasteiger partial charge in [0.15, 0.2) is 0 Å². The fourth-order valence-corrected chi connectivity index (χ4v) is 1.06. The summed E-state index contributed by atoms with van der Waals surface area (Å²) < 4.78 is 9.75. The van der Waals surface area contributed by atoms with E-state index < -0.39 is 5.60 Å². The van der Waals surface area contributed by atoms with Crippen LogP contribution in [0, 0.1) is 0 Å². The molecule has 0 bridgehead atoms. The molecule has 19 heavy (non-hydrogen) atoms. The Morgan fingerprint density at radius 1 is 0.684 bits per heavy atom. The molecule has 7 nitrogen and oxygen atoms in total. The Morgan fingerprint density at radius 2 is 1.05 bits per heavy atom. The minimum absolute atomic E-state index is 0.0347. The van der Waals surface area contributed by atoms with Crippen molar-refractivity contribution in [3.8, 4) is 0 Å². The fourth-order valence-electron chi connectivity index (χ4n) is 1.06. The average molecular weight is 284 g/mol. The van der Waals surface area contributed by atoms with Crippen LogP contribution in [0.2, 0.25) is 0 Å². The van der Waals surface area contributed by atoms with E-state index in [0.29, 0.717) is 39.3 Å². The minimum atomic E-state index is -0.899. The molecule has 0 aliphatic heterocycles. The van der Waals surface area contributed by atoms with Crippen LogP contribution in [-0.4, -0.2) is 84.0 Å². The van der Waals surface area contributed by atoms with Gasteiger partial charge in [0.2, 0.25) is 0 Å². The lowest BCUT2D eigenvalue weighted by atomic mass is 10.00. The fraction of sp³-hybridized carbons (Fsp3) is 1.00. The molecule has 7 heteroatoms. The highest BCUT2D eigenvalue weighted by Gasteiger charge is 2.17. The first-order chi connectivity index (χ1) is 9.04. The van der Waals surface area contributed by atoms with Gasteiger partial charge in [-0.3, -0.25) is 0 Å². The van der Waals surface area contributed by atoms with Gasteiger partial charge in [-0.05, 0) is 19.8 Å². The predicted molar refractivity (Wildman–Crippen MR) is 69.8 cm³/mol. The Bertz CT molecular complexity index is 148. The van der Waals surface area contributed by atoms with Crippen LogP contribution in [0.1, 0.15) is 19.8 Å². The van der Waals surface area contributed by atoms with Gasteiger partial charge < -0.3 is 35.0 Å². The summed E-state index contributed by atoms with van der Waals surface area (Å²) in [6.45, 7) is 3.26. The number of aliphatic hydroxyl groups is 5. The second kappa shape index (κ2) is 15.8. The summed E-state index contributed by atoms with van der Waals surface area (Å²) >= 11 is 0. The standard InChI is InChI=1S/C6H14O4.C6H14O3/c7-1-3-9-5-6-10-4-2-8;1-6(9,2-4-7)3-5-8/h7-8H,1-6H2;7-9H,2-5H2,1H3. The van der Waals surface area contributed by atoms with Gasteiger partial charge >= 0.3 is 0 Å². The van der Waals surface area contributed by atoms with Crippen molar-refractivity contribution in [3.05, 3.63) is 0 Å². The molecule has 0 amide bonds. The van der Waals surface area contributed by atoms with E-state index in [4.69, 9.17) is 29.9 Å². The van der Waals surface area contributed by atoms with Crippen molar-refractivity contribution in [2.24, 2.45) is 0 Å². The van der Waals surface area contributed by atoms with Gasteiger partial charge in [-0.25, -0.2) is 0 Å². The van der Waals surface area contributed by atoms with Gasteiger partial charge in [0, 0.05) is 13.2 Å². The quantitative estimate of drug-likeness (QED) is 0.293. The minimum Gasteiger partial charge on any atom is -0.396 e. The van der Waals surface area contributed by atoms with Crippen LogP contribution in [0.25, 0.3) is 0 Å². The average Bonchev–Trinajstić information content (AvgIpc) is 2.34. The zero-order valence-electron chi connectivity index (χ0n) is 11.6. The number of hydrogen-bond donors (Lipinski definition) is 5. The largest absolute Gasteiger partial charge is 0.396 e. The summed E-state index contributed by atoms with van der Waals surface area (Å²) in [7, 11) is 0. The molecule has 118 valence electrons. The molecule has 0 aromatic carbocycles. The third-order valence-corrected chi connectivity index (χ3v) is 2.14. The van der Waals surface area contributed by atoms with Crippen molar-refractivity contribution in [1.29, 1.82) is 0 Å². The van der Waals surface area contributed by atoms with Gasteiger partial charge in [0.1, 0.15) is 0 Å². The molecule has 5 N–H and O–H groups in total. The van der Waals surface area contributed by atoms with Crippen molar-refractivity contribution in [2.75, 3.05) is 52.9 Å². The predicted octanol–water partition coefficient (Wildman–Crippen LogP) is -1.49. The SMILES string of the molecule is CC(O)(CCO)CCO.OCCOCCOCCO. The number of aliphatic hydroxyl groups excluding tert-OH is 4. The molecule has 0 aromatic heterocycles. The molecule has 0 saturated carbocycles. The molecular weight excluding hydrogens is 256 g/mol. The summed E-state index contributed by atoms with van der Waals surface area (Å²) in [6.07, 6.45) is 0.654. The Labute approximate surface area is 114 Å². The van der Waals surface area contributed by atoms with E-state index in [1.807, 2.05) is 0 Å². The highest BCUT2D eigenvalue weighted by atomic mass is 16.5. The first-order valence-electron chi connectivity index (χ1n) is 6.35. The highest BCUT2D eigenvalue weighted by Crippen LogP contribution is 2.11. The Hall–Kier alpha value is -0.280. The van der Waals surface area contributed by atoms with Gasteiger partial charge in [0.05, 0.1) is 45.2 Å². The number of hydrogen-bond acceptors (Lipinski definition) is 7. The van der Waals surface area contributed by atoms with E-state index in [0.717, 1.165) is 0 Å². The molecule has 0 heterocycles. The third-order valence-electron chi connectivity index (χ3n) is 2.14. The molecule has 0 spiro atoms.